The number of fused-ring (bicyclic) bond motifs is 5. The number of halogens is 3. The van der Waals surface area contributed by atoms with Gasteiger partial charge in [0.2, 0.25) is 10.9 Å². The molecule has 3 saturated carbocycles. The Morgan fingerprint density at radius 1 is 1.26 bits per heavy atom. The van der Waals surface area contributed by atoms with Gasteiger partial charge in [-0.25, -0.2) is 18.0 Å². The number of carbonyl (C=O) groups is 3. The molecule has 5 unspecified atom stereocenters. The first-order chi connectivity index (χ1) is 17.8. The molecule has 1 heterocycles. The summed E-state index contributed by atoms with van der Waals surface area (Å²) in [5, 5.41) is 10.8. The summed E-state index contributed by atoms with van der Waals surface area (Å²) in [4.78, 5) is 39.0. The predicted molar refractivity (Wildman–Crippen MR) is 133 cm³/mol. The van der Waals surface area contributed by atoms with Crippen molar-refractivity contribution < 1.29 is 41.8 Å². The summed E-state index contributed by atoms with van der Waals surface area (Å²) in [5.41, 5.74) is -6.73. The first-order valence-electron chi connectivity index (χ1n) is 12.7. The lowest BCUT2D eigenvalue weighted by molar-refractivity contribution is -0.221. The molecule has 10 heteroatoms. The third-order valence-corrected chi connectivity index (χ3v) is 10.6. The Morgan fingerprint density at radius 2 is 1.97 bits per heavy atom. The van der Waals surface area contributed by atoms with Gasteiger partial charge in [0.1, 0.15) is 12.2 Å². The molecular weight excluding hydrogens is 521 g/mol. The molecule has 4 aliphatic rings. The van der Waals surface area contributed by atoms with E-state index in [0.717, 1.165) is 6.08 Å². The predicted octanol–water partition coefficient (Wildman–Crippen LogP) is 5.24. The number of esters is 1. The highest BCUT2D eigenvalue weighted by Crippen LogP contribution is 2.72. The van der Waals surface area contributed by atoms with E-state index < -0.39 is 75.0 Å². The molecule has 1 aromatic rings. The largest absolute Gasteiger partial charge is 0.457 e. The van der Waals surface area contributed by atoms with Gasteiger partial charge in [-0.2, -0.15) is 0 Å². The zero-order valence-electron chi connectivity index (χ0n) is 21.6. The minimum atomic E-state index is -2.35. The molecule has 3 fully saturated rings. The van der Waals surface area contributed by atoms with Gasteiger partial charge in [0.05, 0.1) is 12.4 Å². The summed E-state index contributed by atoms with van der Waals surface area (Å²) < 4.78 is 57.9. The van der Waals surface area contributed by atoms with E-state index in [1.165, 1.54) is 25.3 Å². The summed E-state index contributed by atoms with van der Waals surface area (Å²) in [6.45, 7) is 6.44. The maximum Gasteiger partial charge on any atom is 0.375 e. The highest BCUT2D eigenvalue weighted by molar-refractivity contribution is 8.13. The van der Waals surface area contributed by atoms with Crippen LogP contribution in [-0.4, -0.2) is 51.5 Å². The van der Waals surface area contributed by atoms with Crippen LogP contribution in [0.3, 0.4) is 0 Å². The molecule has 0 aliphatic heterocycles. The number of aliphatic hydroxyl groups excluding tert-OH is 1. The SMILES string of the molecule is Cc1ccoc1C(=O)OC1(C(=O)SCF)C(C)C[C@H]2[C@@H]3CC(F)C4=CC(=O)C=C[C@]4(C)C3(F)C(O)C[C@@]21C. The van der Waals surface area contributed by atoms with Gasteiger partial charge < -0.3 is 14.3 Å². The summed E-state index contributed by atoms with van der Waals surface area (Å²) in [5.74, 6) is -3.92. The van der Waals surface area contributed by atoms with Gasteiger partial charge in [0.15, 0.2) is 17.1 Å². The van der Waals surface area contributed by atoms with Crippen molar-refractivity contribution >= 4 is 28.6 Å². The molecule has 1 aromatic heterocycles. The van der Waals surface area contributed by atoms with Crippen molar-refractivity contribution in [2.24, 2.45) is 28.6 Å². The zero-order chi connectivity index (χ0) is 27.8. The Bertz CT molecular complexity index is 1260. The van der Waals surface area contributed by atoms with Crippen LogP contribution in [0.25, 0.3) is 0 Å². The lowest BCUT2D eigenvalue weighted by Crippen LogP contribution is -2.70. The number of carbonyl (C=O) groups excluding carboxylic acids is 3. The first kappa shape index (κ1) is 27.2. The van der Waals surface area contributed by atoms with E-state index in [1.807, 2.05) is 0 Å². The fourth-order valence-electron chi connectivity index (χ4n) is 8.15. The average Bonchev–Trinajstić information content (AvgIpc) is 3.37. The van der Waals surface area contributed by atoms with E-state index in [4.69, 9.17) is 9.15 Å². The van der Waals surface area contributed by atoms with Crippen molar-refractivity contribution in [1.82, 2.24) is 0 Å². The molecular formula is C28H31F3O6S. The zero-order valence-corrected chi connectivity index (χ0v) is 22.4. The minimum absolute atomic E-state index is 0.00695. The molecule has 5 rings (SSSR count). The smallest absolute Gasteiger partial charge is 0.375 e. The molecule has 0 saturated heterocycles. The van der Waals surface area contributed by atoms with Gasteiger partial charge in [-0.3, -0.25) is 9.59 Å². The lowest BCUT2D eigenvalue weighted by Gasteiger charge is -2.63. The number of ether oxygens (including phenoxy) is 1. The van der Waals surface area contributed by atoms with Crippen LogP contribution in [-0.2, 0) is 14.3 Å². The molecule has 206 valence electrons. The van der Waals surface area contributed by atoms with Crippen molar-refractivity contribution in [2.45, 2.75) is 70.5 Å². The molecule has 9 atom stereocenters. The Kier molecular flexibility index (Phi) is 6.34. The number of furan rings is 1. The molecule has 0 amide bonds. The molecule has 0 bridgehead atoms. The fraction of sp³-hybridized carbons (Fsp3) is 0.607. The molecule has 6 nitrogen and oxygen atoms in total. The topological polar surface area (TPSA) is 93.8 Å². The minimum Gasteiger partial charge on any atom is -0.457 e. The number of allylic oxidation sites excluding steroid dienone is 4. The number of alkyl halides is 3. The van der Waals surface area contributed by atoms with Crippen molar-refractivity contribution in [3.05, 3.63) is 47.5 Å². The molecule has 0 aromatic carbocycles. The van der Waals surface area contributed by atoms with E-state index in [2.05, 4.69) is 0 Å². The van der Waals surface area contributed by atoms with E-state index >= 15 is 8.78 Å². The van der Waals surface area contributed by atoms with Crippen LogP contribution in [0.15, 0.2) is 40.5 Å². The Labute approximate surface area is 223 Å². The number of aryl methyl sites for hydroxylation is 1. The van der Waals surface area contributed by atoms with E-state index in [1.54, 1.807) is 26.8 Å². The van der Waals surface area contributed by atoms with Crippen LogP contribution < -0.4 is 0 Å². The van der Waals surface area contributed by atoms with Gasteiger partial charge in [-0.05, 0) is 74.6 Å². The number of hydrogen-bond acceptors (Lipinski definition) is 7. The number of rotatable bonds is 4. The summed E-state index contributed by atoms with van der Waals surface area (Å²) in [6, 6.07) is 0.492. The van der Waals surface area contributed by atoms with Crippen LogP contribution in [0.2, 0.25) is 0 Å². The summed E-state index contributed by atoms with van der Waals surface area (Å²) in [6.07, 6.45) is 1.19. The normalized spacial score (nSPS) is 43.6. The molecule has 1 N–H and O–H groups in total. The van der Waals surface area contributed by atoms with Gasteiger partial charge >= 0.3 is 5.97 Å². The quantitative estimate of drug-likeness (QED) is 0.511. The van der Waals surface area contributed by atoms with Crippen LogP contribution in [0.4, 0.5) is 13.2 Å². The number of aliphatic hydroxyl groups is 1. The maximum atomic E-state index is 17.4. The first-order valence-corrected chi connectivity index (χ1v) is 13.7. The number of hydrogen-bond donors (Lipinski definition) is 1. The molecule has 4 aliphatic carbocycles. The molecule has 0 radical (unpaired) electrons. The Morgan fingerprint density at radius 3 is 2.61 bits per heavy atom. The van der Waals surface area contributed by atoms with E-state index in [-0.39, 0.29) is 30.6 Å². The number of thioether (sulfide) groups is 1. The summed E-state index contributed by atoms with van der Waals surface area (Å²) >= 11 is 0.356. The third-order valence-electron chi connectivity index (χ3n) is 9.96. The monoisotopic (exact) mass is 552 g/mol. The highest BCUT2D eigenvalue weighted by Gasteiger charge is 2.78. The highest BCUT2D eigenvalue weighted by atomic mass is 32.2. The van der Waals surface area contributed by atoms with Crippen molar-refractivity contribution in [1.29, 1.82) is 0 Å². The maximum absolute atomic E-state index is 17.4. The Balaban J connectivity index is 1.64. The van der Waals surface area contributed by atoms with Crippen LogP contribution >= 0.6 is 11.8 Å². The van der Waals surface area contributed by atoms with E-state index in [0.29, 0.717) is 17.3 Å². The average molecular weight is 553 g/mol. The lowest BCUT2D eigenvalue weighted by atomic mass is 9.44. The second-order valence-electron chi connectivity index (χ2n) is 11.6. The fourth-order valence-corrected chi connectivity index (χ4v) is 8.94. The van der Waals surface area contributed by atoms with Crippen LogP contribution in [0.1, 0.15) is 56.2 Å². The van der Waals surface area contributed by atoms with Crippen molar-refractivity contribution in [2.75, 3.05) is 6.01 Å². The van der Waals surface area contributed by atoms with Crippen molar-refractivity contribution in [3.63, 3.8) is 0 Å². The van der Waals surface area contributed by atoms with Crippen molar-refractivity contribution in [3.8, 4) is 0 Å². The number of ketones is 1. The van der Waals surface area contributed by atoms with Gasteiger partial charge in [-0.1, -0.05) is 19.9 Å². The third kappa shape index (κ3) is 3.28. The van der Waals surface area contributed by atoms with Crippen LogP contribution in [0.5, 0.6) is 0 Å². The van der Waals surface area contributed by atoms with Gasteiger partial charge in [0, 0.05) is 28.2 Å². The molecule has 0 spiro atoms. The van der Waals surface area contributed by atoms with Gasteiger partial charge in [-0.15, -0.1) is 0 Å². The summed E-state index contributed by atoms with van der Waals surface area (Å²) in [7, 11) is 0. The second kappa shape index (κ2) is 8.84. The molecule has 38 heavy (non-hydrogen) atoms. The van der Waals surface area contributed by atoms with E-state index in [9.17, 15) is 23.9 Å². The van der Waals surface area contributed by atoms with Crippen LogP contribution in [0, 0.1) is 35.5 Å². The van der Waals surface area contributed by atoms with Gasteiger partial charge in [0.25, 0.3) is 0 Å². The second-order valence-corrected chi connectivity index (χ2v) is 12.5. The standard InChI is InChI=1S/C28H31F3O6S/c1-14-6-8-36-22(14)23(34)37-28(24(35)38-13-29)15(2)9-17-18-11-20(30)19-10-16(32)5-7-25(19,3)27(18,31)21(33)12-26(17,28)4/h5-8,10,15,17-18,20-21,33H,9,11-13H2,1-4H3/t15?,17-,18-,20?,21?,25-,26-,27?,28?/m0/s1. The Hall–Kier alpha value is -2.33.